The largest absolute Gasteiger partial charge is 0.383 e. The highest BCUT2D eigenvalue weighted by Gasteiger charge is 2.15. The Bertz CT molecular complexity index is 645. The van der Waals surface area contributed by atoms with Crippen LogP contribution in [-0.2, 0) is 9.53 Å². The number of thiazole rings is 1. The fraction of sp³-hybridized carbons (Fsp3) is 0.333. The molecular formula is C15H20ClN3O2S. The van der Waals surface area contributed by atoms with Gasteiger partial charge in [0, 0.05) is 18.1 Å². The summed E-state index contributed by atoms with van der Waals surface area (Å²) in [4.78, 5) is 16.2. The smallest absolute Gasteiger partial charge is 0.245 e. The van der Waals surface area contributed by atoms with E-state index in [2.05, 4.69) is 36.3 Å². The fourth-order valence-corrected chi connectivity index (χ4v) is 2.54. The van der Waals surface area contributed by atoms with E-state index in [0.29, 0.717) is 5.13 Å². The first-order valence-electron chi connectivity index (χ1n) is 6.60. The second kappa shape index (κ2) is 8.24. The van der Waals surface area contributed by atoms with Gasteiger partial charge in [-0.15, -0.1) is 23.7 Å². The number of nitrogens with two attached hydrogens (primary N) is 1. The van der Waals surface area contributed by atoms with Gasteiger partial charge in [0.2, 0.25) is 5.91 Å². The summed E-state index contributed by atoms with van der Waals surface area (Å²) in [6.07, 6.45) is 0. The number of rotatable bonds is 5. The summed E-state index contributed by atoms with van der Waals surface area (Å²) in [5.41, 5.74) is 10.0. The van der Waals surface area contributed by atoms with E-state index in [4.69, 9.17) is 10.5 Å². The maximum Gasteiger partial charge on any atom is 0.245 e. The molecule has 0 aliphatic heterocycles. The SMILES string of the molecule is COCC(N)C(=O)Nc1nc(-c2ccc(C)c(C)c2)cs1.Cl. The molecule has 0 saturated carbocycles. The van der Waals surface area contributed by atoms with E-state index in [1.807, 2.05) is 11.4 Å². The molecule has 1 heterocycles. The molecule has 1 atom stereocenters. The number of hydrogen-bond acceptors (Lipinski definition) is 5. The summed E-state index contributed by atoms with van der Waals surface area (Å²) >= 11 is 1.38. The van der Waals surface area contributed by atoms with Crippen molar-refractivity contribution in [1.82, 2.24) is 4.98 Å². The first-order valence-corrected chi connectivity index (χ1v) is 7.47. The molecule has 22 heavy (non-hydrogen) atoms. The molecule has 2 aromatic rings. The highest BCUT2D eigenvalue weighted by molar-refractivity contribution is 7.14. The quantitative estimate of drug-likeness (QED) is 0.876. The number of ether oxygens (including phenoxy) is 1. The monoisotopic (exact) mass is 341 g/mol. The average Bonchev–Trinajstić information content (AvgIpc) is 2.90. The second-order valence-electron chi connectivity index (χ2n) is 4.89. The molecule has 5 nitrogen and oxygen atoms in total. The third-order valence-electron chi connectivity index (χ3n) is 3.22. The molecule has 0 aliphatic carbocycles. The molecule has 0 bridgehead atoms. The Morgan fingerprint density at radius 2 is 2.14 bits per heavy atom. The lowest BCUT2D eigenvalue weighted by Crippen LogP contribution is -2.39. The van der Waals surface area contributed by atoms with E-state index in [0.717, 1.165) is 11.3 Å². The highest BCUT2D eigenvalue weighted by atomic mass is 35.5. The number of aryl methyl sites for hydroxylation is 2. The number of carbonyl (C=O) groups excluding carboxylic acids is 1. The van der Waals surface area contributed by atoms with Crippen molar-refractivity contribution in [3.8, 4) is 11.3 Å². The molecule has 1 aromatic heterocycles. The van der Waals surface area contributed by atoms with Crippen LogP contribution < -0.4 is 11.1 Å². The van der Waals surface area contributed by atoms with Crippen molar-refractivity contribution in [2.45, 2.75) is 19.9 Å². The van der Waals surface area contributed by atoms with E-state index in [1.165, 1.54) is 29.6 Å². The molecule has 0 spiro atoms. The van der Waals surface area contributed by atoms with Gasteiger partial charge < -0.3 is 15.8 Å². The number of aromatic nitrogens is 1. The van der Waals surface area contributed by atoms with Crippen molar-refractivity contribution >= 4 is 34.8 Å². The number of anilines is 1. The summed E-state index contributed by atoms with van der Waals surface area (Å²) in [5.74, 6) is -0.294. The Labute approximate surface area is 140 Å². The number of carbonyl (C=O) groups is 1. The topological polar surface area (TPSA) is 77.2 Å². The third kappa shape index (κ3) is 4.51. The van der Waals surface area contributed by atoms with Gasteiger partial charge >= 0.3 is 0 Å². The predicted molar refractivity (Wildman–Crippen MR) is 92.8 cm³/mol. The number of nitrogens with one attached hydrogen (secondary N) is 1. The van der Waals surface area contributed by atoms with Gasteiger partial charge in [-0.2, -0.15) is 0 Å². The molecule has 1 unspecified atom stereocenters. The summed E-state index contributed by atoms with van der Waals surface area (Å²) in [5, 5.41) is 5.17. The average molecular weight is 342 g/mol. The Kier molecular flexibility index (Phi) is 6.96. The maximum atomic E-state index is 11.8. The molecule has 2 rings (SSSR count). The van der Waals surface area contributed by atoms with Crippen LogP contribution in [0.5, 0.6) is 0 Å². The lowest BCUT2D eigenvalue weighted by molar-refractivity contribution is -0.118. The number of hydrogen-bond donors (Lipinski definition) is 2. The fourth-order valence-electron chi connectivity index (χ4n) is 1.82. The Morgan fingerprint density at radius 1 is 1.41 bits per heavy atom. The molecule has 0 radical (unpaired) electrons. The van der Waals surface area contributed by atoms with Gasteiger partial charge in [0.25, 0.3) is 0 Å². The van der Waals surface area contributed by atoms with Gasteiger partial charge in [-0.1, -0.05) is 12.1 Å². The van der Waals surface area contributed by atoms with E-state index >= 15 is 0 Å². The van der Waals surface area contributed by atoms with Crippen LogP contribution in [0.3, 0.4) is 0 Å². The molecule has 1 amide bonds. The van der Waals surface area contributed by atoms with E-state index in [1.54, 1.807) is 0 Å². The van der Waals surface area contributed by atoms with Crippen LogP contribution in [0.2, 0.25) is 0 Å². The molecule has 7 heteroatoms. The number of methoxy groups -OCH3 is 1. The zero-order valence-electron chi connectivity index (χ0n) is 12.8. The van der Waals surface area contributed by atoms with Crippen molar-refractivity contribution in [3.63, 3.8) is 0 Å². The summed E-state index contributed by atoms with van der Waals surface area (Å²) < 4.78 is 4.86. The van der Waals surface area contributed by atoms with Crippen molar-refractivity contribution in [2.75, 3.05) is 19.0 Å². The Hall–Kier alpha value is -1.47. The normalized spacial score (nSPS) is 11.6. The van der Waals surface area contributed by atoms with Crippen LogP contribution in [0, 0.1) is 13.8 Å². The lowest BCUT2D eigenvalue weighted by Gasteiger charge is -2.08. The summed E-state index contributed by atoms with van der Waals surface area (Å²) in [6.45, 7) is 4.32. The predicted octanol–water partition coefficient (Wildman–Crippen LogP) is 2.76. The number of amides is 1. The molecule has 3 N–H and O–H groups in total. The van der Waals surface area contributed by atoms with E-state index in [-0.39, 0.29) is 24.9 Å². The Balaban J connectivity index is 0.00000242. The van der Waals surface area contributed by atoms with E-state index in [9.17, 15) is 4.79 Å². The number of halogens is 1. The van der Waals surface area contributed by atoms with E-state index < -0.39 is 6.04 Å². The van der Waals surface area contributed by atoms with Crippen molar-refractivity contribution in [2.24, 2.45) is 5.73 Å². The van der Waals surface area contributed by atoms with Crippen molar-refractivity contribution in [3.05, 3.63) is 34.7 Å². The van der Waals surface area contributed by atoms with Crippen molar-refractivity contribution < 1.29 is 9.53 Å². The van der Waals surface area contributed by atoms with Crippen LogP contribution in [0.25, 0.3) is 11.3 Å². The second-order valence-corrected chi connectivity index (χ2v) is 5.75. The zero-order chi connectivity index (χ0) is 15.4. The molecular weight excluding hydrogens is 322 g/mol. The molecule has 0 fully saturated rings. The van der Waals surface area contributed by atoms with Gasteiger partial charge in [-0.05, 0) is 31.0 Å². The first-order chi connectivity index (χ1) is 10.0. The van der Waals surface area contributed by atoms with Crippen LogP contribution in [0.15, 0.2) is 23.6 Å². The summed E-state index contributed by atoms with van der Waals surface area (Å²) in [7, 11) is 1.51. The third-order valence-corrected chi connectivity index (χ3v) is 3.98. The first kappa shape index (κ1) is 18.6. The van der Waals surface area contributed by atoms with Crippen LogP contribution in [-0.4, -0.2) is 30.6 Å². The molecule has 0 saturated heterocycles. The highest BCUT2D eigenvalue weighted by Crippen LogP contribution is 2.26. The standard InChI is InChI=1S/C15H19N3O2S.ClH/c1-9-4-5-11(6-10(9)2)13-8-21-15(17-13)18-14(19)12(16)7-20-3;/h4-6,8,12H,7,16H2,1-3H3,(H,17,18,19);1H. The lowest BCUT2D eigenvalue weighted by atomic mass is 10.1. The van der Waals surface area contributed by atoms with Crippen LogP contribution >= 0.6 is 23.7 Å². The minimum atomic E-state index is -0.691. The van der Waals surface area contributed by atoms with Gasteiger partial charge in [-0.25, -0.2) is 4.98 Å². The minimum Gasteiger partial charge on any atom is -0.383 e. The number of nitrogens with zero attached hydrogens (tertiary/aromatic N) is 1. The maximum absolute atomic E-state index is 11.8. The van der Waals surface area contributed by atoms with Gasteiger partial charge in [0.15, 0.2) is 5.13 Å². The zero-order valence-corrected chi connectivity index (χ0v) is 14.4. The van der Waals surface area contributed by atoms with Crippen molar-refractivity contribution in [1.29, 1.82) is 0 Å². The van der Waals surface area contributed by atoms with Gasteiger partial charge in [0.1, 0.15) is 6.04 Å². The Morgan fingerprint density at radius 3 is 2.77 bits per heavy atom. The molecule has 1 aromatic carbocycles. The summed E-state index contributed by atoms with van der Waals surface area (Å²) in [6, 6.07) is 5.49. The molecule has 120 valence electrons. The van der Waals surface area contributed by atoms with Crippen LogP contribution in [0.1, 0.15) is 11.1 Å². The van der Waals surface area contributed by atoms with Gasteiger partial charge in [-0.3, -0.25) is 4.79 Å². The minimum absolute atomic E-state index is 0. The van der Waals surface area contributed by atoms with Crippen LogP contribution in [0.4, 0.5) is 5.13 Å². The molecule has 0 aliphatic rings. The van der Waals surface area contributed by atoms with Gasteiger partial charge in [0.05, 0.1) is 12.3 Å². The number of benzene rings is 1.